The summed E-state index contributed by atoms with van der Waals surface area (Å²) in [6.45, 7) is 3.43. The van der Waals surface area contributed by atoms with Crippen molar-refractivity contribution in [3.8, 4) is 0 Å². The maximum Gasteiger partial charge on any atom is 0.134 e. The molecule has 6 nitrogen and oxygen atoms in total. The minimum Gasteiger partial charge on any atom is -0.383 e. The quantitative estimate of drug-likeness (QED) is 0.788. The number of nitrogen functional groups attached to an aromatic ring is 1. The van der Waals surface area contributed by atoms with E-state index in [0.717, 1.165) is 24.5 Å². The van der Waals surface area contributed by atoms with Crippen molar-refractivity contribution in [2.45, 2.75) is 13.5 Å². The molecule has 0 unspecified atom stereocenters. The average Bonchev–Trinajstić information content (AvgIpc) is 2.77. The molecule has 0 aliphatic carbocycles. The van der Waals surface area contributed by atoms with E-state index in [-0.39, 0.29) is 0 Å². The van der Waals surface area contributed by atoms with Crippen LogP contribution in [0.4, 0.5) is 11.6 Å². The monoisotopic (exact) mass is 218 g/mol. The second-order valence-corrected chi connectivity index (χ2v) is 3.43. The summed E-state index contributed by atoms with van der Waals surface area (Å²) >= 11 is 0. The van der Waals surface area contributed by atoms with E-state index >= 15 is 0 Å². The van der Waals surface area contributed by atoms with Gasteiger partial charge in [0, 0.05) is 24.5 Å². The fourth-order valence-corrected chi connectivity index (χ4v) is 1.36. The van der Waals surface area contributed by atoms with Crippen LogP contribution in [0.25, 0.3) is 0 Å². The van der Waals surface area contributed by atoms with Gasteiger partial charge in [-0.2, -0.15) is 5.10 Å². The first kappa shape index (κ1) is 10.4. The van der Waals surface area contributed by atoms with Gasteiger partial charge in [-0.05, 0) is 13.0 Å². The van der Waals surface area contributed by atoms with Crippen molar-refractivity contribution in [2.24, 2.45) is 0 Å². The zero-order chi connectivity index (χ0) is 11.4. The molecule has 2 aromatic heterocycles. The molecule has 2 rings (SSSR count). The van der Waals surface area contributed by atoms with Crippen LogP contribution in [-0.2, 0) is 6.54 Å². The minimum atomic E-state index is 0.511. The van der Waals surface area contributed by atoms with Gasteiger partial charge < -0.3 is 11.1 Å². The zero-order valence-electron chi connectivity index (χ0n) is 9.09. The van der Waals surface area contributed by atoms with E-state index in [2.05, 4.69) is 20.4 Å². The van der Waals surface area contributed by atoms with Crippen LogP contribution in [0.1, 0.15) is 5.56 Å². The Balaban J connectivity index is 1.92. The molecule has 0 amide bonds. The standard InChI is InChI=1S/C10H14N6/c1-8-9(11)13-7-14-10(8)12-4-6-16-5-2-3-15-16/h2-3,5,7H,4,6H2,1H3,(H3,11,12,13,14). The summed E-state index contributed by atoms with van der Waals surface area (Å²) in [5.41, 5.74) is 6.56. The minimum absolute atomic E-state index is 0.511. The molecule has 0 atom stereocenters. The molecule has 0 fully saturated rings. The molecular formula is C10H14N6. The molecule has 2 aromatic rings. The number of nitrogens with one attached hydrogen (secondary N) is 1. The van der Waals surface area contributed by atoms with Gasteiger partial charge in [-0.1, -0.05) is 0 Å². The molecule has 0 bridgehead atoms. The second-order valence-electron chi connectivity index (χ2n) is 3.43. The van der Waals surface area contributed by atoms with E-state index in [1.165, 1.54) is 6.33 Å². The smallest absolute Gasteiger partial charge is 0.134 e. The summed E-state index contributed by atoms with van der Waals surface area (Å²) in [5, 5.41) is 7.31. The van der Waals surface area contributed by atoms with E-state index in [1.807, 2.05) is 23.9 Å². The molecule has 3 N–H and O–H groups in total. The lowest BCUT2D eigenvalue weighted by Gasteiger charge is -2.09. The molecule has 0 aliphatic rings. The normalized spacial score (nSPS) is 10.3. The summed E-state index contributed by atoms with van der Waals surface area (Å²) < 4.78 is 1.85. The molecule has 0 saturated heterocycles. The van der Waals surface area contributed by atoms with Crippen molar-refractivity contribution in [2.75, 3.05) is 17.6 Å². The Bertz CT molecular complexity index is 450. The van der Waals surface area contributed by atoms with Gasteiger partial charge in [-0.15, -0.1) is 0 Å². The fraction of sp³-hybridized carbons (Fsp3) is 0.300. The summed E-state index contributed by atoms with van der Waals surface area (Å²) in [5.74, 6) is 1.29. The van der Waals surface area contributed by atoms with Crippen molar-refractivity contribution in [1.82, 2.24) is 19.7 Å². The number of nitrogens with two attached hydrogens (primary N) is 1. The second kappa shape index (κ2) is 4.61. The van der Waals surface area contributed by atoms with Gasteiger partial charge in [0.25, 0.3) is 0 Å². The Kier molecular flexibility index (Phi) is 3.00. The van der Waals surface area contributed by atoms with Gasteiger partial charge in [0.1, 0.15) is 18.0 Å². The van der Waals surface area contributed by atoms with E-state index in [1.54, 1.807) is 6.20 Å². The lowest BCUT2D eigenvalue weighted by Crippen LogP contribution is -2.13. The molecular weight excluding hydrogens is 204 g/mol. The summed E-state index contributed by atoms with van der Waals surface area (Å²) in [4.78, 5) is 8.03. The van der Waals surface area contributed by atoms with E-state index in [0.29, 0.717) is 5.82 Å². The third-order valence-corrected chi connectivity index (χ3v) is 2.32. The maximum atomic E-state index is 5.68. The highest BCUT2D eigenvalue weighted by molar-refractivity contribution is 5.53. The molecule has 2 heterocycles. The Morgan fingerprint density at radius 3 is 3.06 bits per heavy atom. The molecule has 16 heavy (non-hydrogen) atoms. The third kappa shape index (κ3) is 2.28. The Morgan fingerprint density at radius 1 is 1.44 bits per heavy atom. The first-order chi connectivity index (χ1) is 7.77. The van der Waals surface area contributed by atoms with E-state index in [4.69, 9.17) is 5.73 Å². The maximum absolute atomic E-state index is 5.68. The number of anilines is 2. The third-order valence-electron chi connectivity index (χ3n) is 2.32. The van der Waals surface area contributed by atoms with E-state index < -0.39 is 0 Å². The van der Waals surface area contributed by atoms with Crippen LogP contribution >= 0.6 is 0 Å². The number of nitrogens with zero attached hydrogens (tertiary/aromatic N) is 4. The molecule has 0 radical (unpaired) electrons. The summed E-state index contributed by atoms with van der Waals surface area (Å²) in [6, 6.07) is 1.90. The molecule has 0 aliphatic heterocycles. The van der Waals surface area contributed by atoms with Crippen LogP contribution in [0.15, 0.2) is 24.8 Å². The first-order valence-electron chi connectivity index (χ1n) is 5.06. The topological polar surface area (TPSA) is 81.6 Å². The van der Waals surface area contributed by atoms with E-state index in [9.17, 15) is 0 Å². The Labute approximate surface area is 93.5 Å². The van der Waals surface area contributed by atoms with Crippen LogP contribution in [-0.4, -0.2) is 26.3 Å². The molecule has 6 heteroatoms. The number of hydrogen-bond acceptors (Lipinski definition) is 5. The molecule has 0 saturated carbocycles. The lowest BCUT2D eigenvalue weighted by atomic mass is 10.3. The fourth-order valence-electron chi connectivity index (χ4n) is 1.36. The Hall–Kier alpha value is -2.11. The van der Waals surface area contributed by atoms with Gasteiger partial charge in [-0.25, -0.2) is 9.97 Å². The van der Waals surface area contributed by atoms with Crippen molar-refractivity contribution >= 4 is 11.6 Å². The Morgan fingerprint density at radius 2 is 2.31 bits per heavy atom. The van der Waals surface area contributed by atoms with Crippen molar-refractivity contribution in [3.05, 3.63) is 30.4 Å². The predicted octanol–water partition coefficient (Wildman–Crippen LogP) is 0.676. The van der Waals surface area contributed by atoms with Gasteiger partial charge in [0.2, 0.25) is 0 Å². The van der Waals surface area contributed by atoms with Crippen LogP contribution in [0.5, 0.6) is 0 Å². The van der Waals surface area contributed by atoms with Gasteiger partial charge in [0.15, 0.2) is 0 Å². The number of rotatable bonds is 4. The van der Waals surface area contributed by atoms with Crippen LogP contribution in [0, 0.1) is 6.92 Å². The lowest BCUT2D eigenvalue weighted by molar-refractivity contribution is 0.637. The number of hydrogen-bond donors (Lipinski definition) is 2. The average molecular weight is 218 g/mol. The first-order valence-corrected chi connectivity index (χ1v) is 5.06. The van der Waals surface area contributed by atoms with Crippen molar-refractivity contribution in [1.29, 1.82) is 0 Å². The van der Waals surface area contributed by atoms with Crippen LogP contribution < -0.4 is 11.1 Å². The molecule has 0 spiro atoms. The zero-order valence-corrected chi connectivity index (χ0v) is 9.09. The highest BCUT2D eigenvalue weighted by Gasteiger charge is 2.02. The summed E-state index contributed by atoms with van der Waals surface area (Å²) in [6.07, 6.45) is 5.13. The largest absolute Gasteiger partial charge is 0.383 e. The van der Waals surface area contributed by atoms with Gasteiger partial charge in [0.05, 0.1) is 6.54 Å². The van der Waals surface area contributed by atoms with Crippen LogP contribution in [0.2, 0.25) is 0 Å². The van der Waals surface area contributed by atoms with Gasteiger partial charge >= 0.3 is 0 Å². The number of aromatic nitrogens is 4. The highest BCUT2D eigenvalue weighted by atomic mass is 15.3. The molecule has 84 valence electrons. The molecule has 0 aromatic carbocycles. The predicted molar refractivity (Wildman–Crippen MR) is 61.9 cm³/mol. The van der Waals surface area contributed by atoms with Crippen molar-refractivity contribution < 1.29 is 0 Å². The van der Waals surface area contributed by atoms with Gasteiger partial charge in [-0.3, -0.25) is 4.68 Å². The highest BCUT2D eigenvalue weighted by Crippen LogP contribution is 2.14. The van der Waals surface area contributed by atoms with Crippen molar-refractivity contribution in [3.63, 3.8) is 0 Å². The SMILES string of the molecule is Cc1c(N)ncnc1NCCn1cccn1. The summed E-state index contributed by atoms with van der Waals surface area (Å²) in [7, 11) is 0. The van der Waals surface area contributed by atoms with Crippen LogP contribution in [0.3, 0.4) is 0 Å².